The number of nitrogens with one attached hydrogen (secondary N) is 1. The van der Waals surface area contributed by atoms with Crippen LogP contribution in [0.2, 0.25) is 0 Å². The first-order valence-electron chi connectivity index (χ1n) is 9.99. The predicted octanol–water partition coefficient (Wildman–Crippen LogP) is 7.02. The molecule has 0 radical (unpaired) electrons. The molecule has 0 bridgehead atoms. The predicted molar refractivity (Wildman–Crippen MR) is 136 cm³/mol. The topological polar surface area (TPSA) is 50.7 Å². The lowest BCUT2D eigenvalue weighted by Gasteiger charge is -2.11. The summed E-state index contributed by atoms with van der Waals surface area (Å²) in [5.41, 5.74) is 6.25. The largest absolute Gasteiger partial charge is 0.487 e. The molecule has 6 heteroatoms. The Morgan fingerprint density at radius 1 is 0.938 bits per heavy atom. The Morgan fingerprint density at radius 3 is 2.44 bits per heavy atom. The van der Waals surface area contributed by atoms with Crippen molar-refractivity contribution in [3.05, 3.63) is 110 Å². The maximum absolute atomic E-state index is 12.4. The van der Waals surface area contributed by atoms with E-state index in [-0.39, 0.29) is 5.91 Å². The third kappa shape index (κ3) is 5.44. The van der Waals surface area contributed by atoms with Gasteiger partial charge in [-0.25, -0.2) is 5.43 Å². The molecule has 0 atom stereocenters. The molecule has 4 aromatic rings. The molecule has 160 valence electrons. The Balaban J connectivity index is 1.41. The van der Waals surface area contributed by atoms with E-state index in [1.165, 1.54) is 5.56 Å². The number of halogens is 2. The molecule has 0 spiro atoms. The van der Waals surface area contributed by atoms with Gasteiger partial charge in [-0.05, 0) is 84.9 Å². The number of aryl methyl sites for hydroxylation is 1. The van der Waals surface area contributed by atoms with Gasteiger partial charge in [0.2, 0.25) is 0 Å². The van der Waals surface area contributed by atoms with E-state index in [9.17, 15) is 4.79 Å². The minimum absolute atomic E-state index is 0.261. The van der Waals surface area contributed by atoms with Crippen molar-refractivity contribution in [2.24, 2.45) is 5.10 Å². The van der Waals surface area contributed by atoms with Crippen LogP contribution in [0.1, 0.15) is 27.0 Å². The monoisotopic (exact) mass is 550 g/mol. The maximum atomic E-state index is 12.4. The van der Waals surface area contributed by atoms with Gasteiger partial charge in [0.1, 0.15) is 12.4 Å². The minimum Gasteiger partial charge on any atom is -0.487 e. The highest BCUT2D eigenvalue weighted by molar-refractivity contribution is 9.11. The van der Waals surface area contributed by atoms with Crippen LogP contribution < -0.4 is 10.2 Å². The van der Waals surface area contributed by atoms with Crippen LogP contribution >= 0.6 is 31.9 Å². The summed E-state index contributed by atoms with van der Waals surface area (Å²) in [6.07, 6.45) is 1.60. The standard InChI is InChI=1S/C26H20Br2N2O2/c1-17-5-4-6-18(11-17)16-32-25-23(27)12-19(13-24(25)28)15-29-30-26(31)22-10-9-20-7-2-3-8-21(20)14-22/h2-15H,16H2,1H3,(H,30,31)/b29-15-. The van der Waals surface area contributed by atoms with E-state index >= 15 is 0 Å². The van der Waals surface area contributed by atoms with Crippen LogP contribution in [0.5, 0.6) is 5.75 Å². The van der Waals surface area contributed by atoms with Crippen molar-refractivity contribution in [1.29, 1.82) is 0 Å². The second-order valence-electron chi connectivity index (χ2n) is 7.35. The van der Waals surface area contributed by atoms with Gasteiger partial charge in [0, 0.05) is 5.56 Å². The van der Waals surface area contributed by atoms with E-state index in [0.717, 1.165) is 30.8 Å². The number of fused-ring (bicyclic) bond motifs is 1. The van der Waals surface area contributed by atoms with Crippen molar-refractivity contribution in [2.75, 3.05) is 0 Å². The SMILES string of the molecule is Cc1cccc(COc2c(Br)cc(/C=N\NC(=O)c3ccc4ccccc4c3)cc2Br)c1. The molecule has 0 aliphatic rings. The fraction of sp³-hybridized carbons (Fsp3) is 0.0769. The zero-order valence-electron chi connectivity index (χ0n) is 17.3. The summed E-state index contributed by atoms with van der Waals surface area (Å²) in [7, 11) is 0. The van der Waals surface area contributed by atoms with Gasteiger partial charge in [-0.2, -0.15) is 5.10 Å². The minimum atomic E-state index is -0.261. The average Bonchev–Trinajstić information content (AvgIpc) is 2.78. The molecule has 4 nitrogen and oxygen atoms in total. The van der Waals surface area contributed by atoms with Gasteiger partial charge in [0.15, 0.2) is 0 Å². The number of hydrogen-bond acceptors (Lipinski definition) is 3. The van der Waals surface area contributed by atoms with Gasteiger partial charge in [-0.1, -0.05) is 60.2 Å². The lowest BCUT2D eigenvalue weighted by molar-refractivity contribution is 0.0955. The number of amides is 1. The number of hydrogen-bond donors (Lipinski definition) is 1. The van der Waals surface area contributed by atoms with E-state index in [1.807, 2.05) is 60.7 Å². The van der Waals surface area contributed by atoms with Crippen LogP contribution in [-0.4, -0.2) is 12.1 Å². The fourth-order valence-electron chi connectivity index (χ4n) is 3.31. The Labute approximate surface area is 203 Å². The van der Waals surface area contributed by atoms with Gasteiger partial charge in [-0.15, -0.1) is 0 Å². The molecule has 0 aliphatic heterocycles. The molecule has 0 heterocycles. The lowest BCUT2D eigenvalue weighted by atomic mass is 10.1. The molecule has 4 rings (SSSR count). The van der Waals surface area contributed by atoms with Crippen molar-refractivity contribution in [3.63, 3.8) is 0 Å². The summed E-state index contributed by atoms with van der Waals surface area (Å²) in [4.78, 5) is 12.4. The summed E-state index contributed by atoms with van der Waals surface area (Å²) in [5.74, 6) is 0.451. The Bertz CT molecular complexity index is 1300. The highest BCUT2D eigenvalue weighted by Crippen LogP contribution is 2.35. The summed E-state index contributed by atoms with van der Waals surface area (Å²) in [6.45, 7) is 2.52. The van der Waals surface area contributed by atoms with E-state index in [0.29, 0.717) is 17.9 Å². The molecular weight excluding hydrogens is 532 g/mol. The van der Waals surface area contributed by atoms with Crippen molar-refractivity contribution in [3.8, 4) is 5.75 Å². The van der Waals surface area contributed by atoms with E-state index in [1.54, 1.807) is 12.3 Å². The quantitative estimate of drug-likeness (QED) is 0.207. The summed E-state index contributed by atoms with van der Waals surface area (Å²) < 4.78 is 7.58. The van der Waals surface area contributed by atoms with Crippen molar-refractivity contribution in [2.45, 2.75) is 13.5 Å². The van der Waals surface area contributed by atoms with Crippen LogP contribution in [0.25, 0.3) is 10.8 Å². The summed E-state index contributed by atoms with van der Waals surface area (Å²) in [6, 6.07) is 25.5. The van der Waals surface area contributed by atoms with Gasteiger partial charge < -0.3 is 4.74 Å². The highest BCUT2D eigenvalue weighted by atomic mass is 79.9. The number of carbonyl (C=O) groups excluding carboxylic acids is 1. The summed E-state index contributed by atoms with van der Waals surface area (Å²) >= 11 is 7.13. The zero-order chi connectivity index (χ0) is 22.5. The highest BCUT2D eigenvalue weighted by Gasteiger charge is 2.10. The second kappa shape index (κ2) is 10.1. The van der Waals surface area contributed by atoms with Crippen LogP contribution in [0.15, 0.2) is 92.9 Å². The van der Waals surface area contributed by atoms with E-state index < -0.39 is 0 Å². The van der Waals surface area contributed by atoms with E-state index in [4.69, 9.17) is 4.74 Å². The van der Waals surface area contributed by atoms with Gasteiger partial charge >= 0.3 is 0 Å². The average molecular weight is 552 g/mol. The maximum Gasteiger partial charge on any atom is 0.271 e. The van der Waals surface area contributed by atoms with Crippen LogP contribution in [0.4, 0.5) is 0 Å². The zero-order valence-corrected chi connectivity index (χ0v) is 20.5. The lowest BCUT2D eigenvalue weighted by Crippen LogP contribution is -2.17. The third-order valence-electron chi connectivity index (χ3n) is 4.88. The number of rotatable bonds is 6. The van der Waals surface area contributed by atoms with Gasteiger partial charge in [0.25, 0.3) is 5.91 Å². The summed E-state index contributed by atoms with van der Waals surface area (Å²) in [5, 5.41) is 6.21. The molecule has 1 N–H and O–H groups in total. The Kier molecular flexibility index (Phi) is 7.02. The Morgan fingerprint density at radius 2 is 1.69 bits per heavy atom. The first-order valence-corrected chi connectivity index (χ1v) is 11.6. The Hall–Kier alpha value is -2.96. The van der Waals surface area contributed by atoms with E-state index in [2.05, 4.69) is 61.4 Å². The molecular formula is C26H20Br2N2O2. The first-order chi connectivity index (χ1) is 15.5. The normalized spacial score (nSPS) is 11.1. The third-order valence-corrected chi connectivity index (χ3v) is 6.06. The number of carbonyl (C=O) groups is 1. The van der Waals surface area contributed by atoms with Gasteiger partial charge in [-0.3, -0.25) is 4.79 Å². The molecule has 4 aromatic carbocycles. The molecule has 0 saturated carbocycles. The molecule has 1 amide bonds. The molecule has 0 unspecified atom stereocenters. The molecule has 0 saturated heterocycles. The van der Waals surface area contributed by atoms with Crippen LogP contribution in [-0.2, 0) is 6.61 Å². The van der Waals surface area contributed by atoms with Crippen LogP contribution in [0.3, 0.4) is 0 Å². The number of ether oxygens (including phenoxy) is 1. The first kappa shape index (κ1) is 22.2. The van der Waals surface area contributed by atoms with Gasteiger partial charge in [0.05, 0.1) is 15.2 Å². The fourth-order valence-corrected chi connectivity index (χ4v) is 4.76. The molecule has 0 fully saturated rings. The number of benzene rings is 4. The van der Waals surface area contributed by atoms with Crippen LogP contribution in [0, 0.1) is 6.92 Å². The second-order valence-corrected chi connectivity index (χ2v) is 9.06. The van der Waals surface area contributed by atoms with Crippen molar-refractivity contribution < 1.29 is 9.53 Å². The number of nitrogens with zero attached hydrogens (tertiary/aromatic N) is 1. The van der Waals surface area contributed by atoms with Crippen molar-refractivity contribution >= 4 is 54.8 Å². The molecule has 32 heavy (non-hydrogen) atoms. The smallest absolute Gasteiger partial charge is 0.271 e. The number of hydrazone groups is 1. The van der Waals surface area contributed by atoms with Crippen molar-refractivity contribution in [1.82, 2.24) is 5.43 Å². The molecule has 0 aromatic heterocycles. The molecule has 0 aliphatic carbocycles.